The van der Waals surface area contributed by atoms with E-state index in [-0.39, 0.29) is 5.78 Å². The van der Waals surface area contributed by atoms with Crippen LogP contribution in [0.25, 0.3) is 0 Å². The molecule has 0 aliphatic carbocycles. The van der Waals surface area contributed by atoms with E-state index in [1.165, 1.54) is 0 Å². The molecular weight excluding hydrogens is 160 g/mol. The number of hydrogen-bond acceptors (Lipinski definition) is 1. The molecule has 0 atom stereocenters. The molecule has 0 radical (unpaired) electrons. The number of benzene rings is 1. The van der Waals surface area contributed by atoms with Gasteiger partial charge in [0.25, 0.3) is 0 Å². The predicted octanol–water partition coefficient (Wildman–Crippen LogP) is 3.53. The topological polar surface area (TPSA) is 17.1 Å². The van der Waals surface area contributed by atoms with Gasteiger partial charge in [-0.25, -0.2) is 0 Å². The van der Waals surface area contributed by atoms with Crippen molar-refractivity contribution in [2.45, 2.75) is 34.6 Å². The molecule has 0 aromatic heterocycles. The van der Waals surface area contributed by atoms with Crippen molar-refractivity contribution in [1.29, 1.82) is 0 Å². The Labute approximate surface area is 80.8 Å². The molecule has 1 aromatic rings. The highest BCUT2D eigenvalue weighted by atomic mass is 16.1. The number of aryl methyl sites for hydroxylation is 2. The molecule has 0 heterocycles. The largest absolute Gasteiger partial charge is 0.295 e. The van der Waals surface area contributed by atoms with Gasteiger partial charge in [-0.3, -0.25) is 4.79 Å². The second kappa shape index (κ2) is 5.52. The van der Waals surface area contributed by atoms with Crippen molar-refractivity contribution in [3.63, 3.8) is 0 Å². The standard InChI is InChI=1S/C10H12O.C2H6/c1-7-4-8(2)6-10(5-7)9(3)11;1-2/h4-6H,1-3H3;1-2H3. The van der Waals surface area contributed by atoms with Crippen molar-refractivity contribution < 1.29 is 4.79 Å². The second-order valence-electron chi connectivity index (χ2n) is 2.93. The lowest BCUT2D eigenvalue weighted by atomic mass is 10.1. The normalized spacial score (nSPS) is 8.69. The summed E-state index contributed by atoms with van der Waals surface area (Å²) < 4.78 is 0. The Bertz CT molecular complexity index is 267. The lowest BCUT2D eigenvalue weighted by Gasteiger charge is -1.99. The van der Waals surface area contributed by atoms with Gasteiger partial charge in [0, 0.05) is 5.56 Å². The van der Waals surface area contributed by atoms with Crippen molar-refractivity contribution in [3.05, 3.63) is 34.9 Å². The van der Waals surface area contributed by atoms with E-state index in [0.717, 1.165) is 16.7 Å². The second-order valence-corrected chi connectivity index (χ2v) is 2.93. The zero-order valence-corrected chi connectivity index (χ0v) is 9.14. The number of Topliss-reactive ketones (excluding diaryl/α,β-unsaturated/α-hetero) is 1. The number of rotatable bonds is 1. The van der Waals surface area contributed by atoms with Crippen LogP contribution in [0.5, 0.6) is 0 Å². The van der Waals surface area contributed by atoms with Crippen LogP contribution in [0, 0.1) is 13.8 Å². The molecular formula is C12H18O. The van der Waals surface area contributed by atoms with Crippen molar-refractivity contribution >= 4 is 5.78 Å². The average Bonchev–Trinajstić information content (AvgIpc) is 2.06. The number of ketones is 1. The van der Waals surface area contributed by atoms with Gasteiger partial charge in [0.1, 0.15) is 0 Å². The maximum absolute atomic E-state index is 10.9. The fourth-order valence-electron chi connectivity index (χ4n) is 1.18. The molecule has 0 saturated carbocycles. The summed E-state index contributed by atoms with van der Waals surface area (Å²) in [4.78, 5) is 10.9. The van der Waals surface area contributed by atoms with Crippen LogP contribution in [0.15, 0.2) is 18.2 Å². The third-order valence-electron chi connectivity index (χ3n) is 1.63. The predicted molar refractivity (Wildman–Crippen MR) is 57.3 cm³/mol. The van der Waals surface area contributed by atoms with E-state index in [9.17, 15) is 4.79 Å². The fourth-order valence-corrected chi connectivity index (χ4v) is 1.18. The first-order valence-electron chi connectivity index (χ1n) is 4.69. The molecule has 0 unspecified atom stereocenters. The monoisotopic (exact) mass is 178 g/mol. The van der Waals surface area contributed by atoms with Gasteiger partial charge >= 0.3 is 0 Å². The maximum atomic E-state index is 10.9. The van der Waals surface area contributed by atoms with Crippen LogP contribution in [0.1, 0.15) is 42.3 Å². The first-order valence-corrected chi connectivity index (χ1v) is 4.69. The highest BCUT2D eigenvalue weighted by Crippen LogP contribution is 2.08. The van der Waals surface area contributed by atoms with Crippen LogP contribution < -0.4 is 0 Å². The van der Waals surface area contributed by atoms with Gasteiger partial charge in [-0.1, -0.05) is 31.0 Å². The lowest BCUT2D eigenvalue weighted by Crippen LogP contribution is -1.93. The molecule has 0 amide bonds. The summed E-state index contributed by atoms with van der Waals surface area (Å²) >= 11 is 0. The molecule has 72 valence electrons. The molecule has 1 nitrogen and oxygen atoms in total. The van der Waals surface area contributed by atoms with Crippen LogP contribution in [0.4, 0.5) is 0 Å². The summed E-state index contributed by atoms with van der Waals surface area (Å²) in [6.07, 6.45) is 0. The van der Waals surface area contributed by atoms with E-state index in [1.807, 2.05) is 39.8 Å². The molecule has 0 fully saturated rings. The van der Waals surface area contributed by atoms with E-state index < -0.39 is 0 Å². The minimum atomic E-state index is 0.136. The molecule has 1 heteroatoms. The van der Waals surface area contributed by atoms with Crippen molar-refractivity contribution in [2.75, 3.05) is 0 Å². The molecule has 1 aromatic carbocycles. The minimum absolute atomic E-state index is 0.136. The zero-order chi connectivity index (χ0) is 10.4. The van der Waals surface area contributed by atoms with Crippen LogP contribution in [-0.4, -0.2) is 5.78 Å². The smallest absolute Gasteiger partial charge is 0.159 e. The fraction of sp³-hybridized carbons (Fsp3) is 0.417. The van der Waals surface area contributed by atoms with E-state index in [4.69, 9.17) is 0 Å². The maximum Gasteiger partial charge on any atom is 0.159 e. The summed E-state index contributed by atoms with van der Waals surface area (Å²) in [7, 11) is 0. The molecule has 0 N–H and O–H groups in total. The molecule has 0 aliphatic heterocycles. The van der Waals surface area contributed by atoms with E-state index >= 15 is 0 Å². The molecule has 0 aliphatic rings. The first kappa shape index (κ1) is 11.9. The summed E-state index contributed by atoms with van der Waals surface area (Å²) in [5.74, 6) is 0.136. The summed E-state index contributed by atoms with van der Waals surface area (Å²) in [6, 6.07) is 5.89. The third-order valence-corrected chi connectivity index (χ3v) is 1.63. The molecule has 13 heavy (non-hydrogen) atoms. The average molecular weight is 178 g/mol. The zero-order valence-electron chi connectivity index (χ0n) is 9.14. The Morgan fingerprint density at radius 2 is 1.38 bits per heavy atom. The SMILES string of the molecule is CC.CC(=O)c1cc(C)cc(C)c1. The summed E-state index contributed by atoms with van der Waals surface area (Å²) in [5, 5.41) is 0. The molecule has 0 bridgehead atoms. The lowest BCUT2D eigenvalue weighted by molar-refractivity contribution is 0.101. The minimum Gasteiger partial charge on any atom is -0.295 e. The molecule has 1 rings (SSSR count). The van der Waals surface area contributed by atoms with E-state index in [0.29, 0.717) is 0 Å². The number of carbonyl (C=O) groups excluding carboxylic acids is 1. The molecule has 0 saturated heterocycles. The van der Waals surface area contributed by atoms with Crippen molar-refractivity contribution in [3.8, 4) is 0 Å². The third kappa shape index (κ3) is 3.88. The Hall–Kier alpha value is -1.11. The highest BCUT2D eigenvalue weighted by Gasteiger charge is 1.99. The van der Waals surface area contributed by atoms with Crippen LogP contribution in [0.3, 0.4) is 0 Å². The number of hydrogen-bond donors (Lipinski definition) is 0. The van der Waals surface area contributed by atoms with E-state index in [1.54, 1.807) is 6.92 Å². The van der Waals surface area contributed by atoms with Crippen LogP contribution in [-0.2, 0) is 0 Å². The van der Waals surface area contributed by atoms with E-state index in [2.05, 4.69) is 6.07 Å². The Balaban J connectivity index is 0.000000671. The van der Waals surface area contributed by atoms with Crippen molar-refractivity contribution in [2.24, 2.45) is 0 Å². The summed E-state index contributed by atoms with van der Waals surface area (Å²) in [5.41, 5.74) is 3.10. The first-order chi connectivity index (χ1) is 6.09. The van der Waals surface area contributed by atoms with Gasteiger partial charge in [-0.15, -0.1) is 0 Å². The Kier molecular flexibility index (Phi) is 5.05. The van der Waals surface area contributed by atoms with Gasteiger partial charge in [-0.05, 0) is 32.9 Å². The summed E-state index contributed by atoms with van der Waals surface area (Å²) in [6.45, 7) is 9.59. The Morgan fingerprint density at radius 1 is 1.00 bits per heavy atom. The van der Waals surface area contributed by atoms with Gasteiger partial charge in [-0.2, -0.15) is 0 Å². The Morgan fingerprint density at radius 3 is 1.69 bits per heavy atom. The number of carbonyl (C=O) groups is 1. The molecule has 0 spiro atoms. The van der Waals surface area contributed by atoms with Gasteiger partial charge in [0.2, 0.25) is 0 Å². The van der Waals surface area contributed by atoms with Crippen molar-refractivity contribution in [1.82, 2.24) is 0 Å². The van der Waals surface area contributed by atoms with Gasteiger partial charge in [0.15, 0.2) is 5.78 Å². The highest BCUT2D eigenvalue weighted by molar-refractivity contribution is 5.94. The van der Waals surface area contributed by atoms with Gasteiger partial charge in [0.05, 0.1) is 0 Å². The van der Waals surface area contributed by atoms with Crippen LogP contribution in [0.2, 0.25) is 0 Å². The van der Waals surface area contributed by atoms with Crippen LogP contribution >= 0.6 is 0 Å². The quantitative estimate of drug-likeness (QED) is 0.601. The van der Waals surface area contributed by atoms with Gasteiger partial charge < -0.3 is 0 Å².